The summed E-state index contributed by atoms with van der Waals surface area (Å²) < 4.78 is 0. The minimum atomic E-state index is 0.380. The molecule has 1 aliphatic carbocycles. The first-order valence-electron chi connectivity index (χ1n) is 11.3. The van der Waals surface area contributed by atoms with Gasteiger partial charge in [0.25, 0.3) is 0 Å². The van der Waals surface area contributed by atoms with Gasteiger partial charge in [-0.1, -0.05) is 67.1 Å². The zero-order valence-electron chi connectivity index (χ0n) is 17.2. The summed E-state index contributed by atoms with van der Waals surface area (Å²) in [6.45, 7) is 3.80. The smallest absolute Gasteiger partial charge is 0.00480 e. The summed E-state index contributed by atoms with van der Waals surface area (Å²) in [7, 11) is 0. The highest BCUT2D eigenvalue weighted by atomic mass is 15.1. The van der Waals surface area contributed by atoms with Crippen molar-refractivity contribution < 1.29 is 0 Å². The third kappa shape index (κ3) is 5.24. The van der Waals surface area contributed by atoms with Gasteiger partial charge in [0.1, 0.15) is 0 Å². The van der Waals surface area contributed by atoms with Crippen LogP contribution in [0.15, 0.2) is 60.7 Å². The molecule has 2 fully saturated rings. The number of benzene rings is 2. The van der Waals surface area contributed by atoms with Gasteiger partial charge in [-0.05, 0) is 80.5 Å². The first-order chi connectivity index (χ1) is 13.8. The van der Waals surface area contributed by atoms with Crippen molar-refractivity contribution in [2.45, 2.75) is 56.9 Å². The van der Waals surface area contributed by atoms with Gasteiger partial charge in [0, 0.05) is 12.6 Å². The quantitative estimate of drug-likeness (QED) is 0.716. The minimum absolute atomic E-state index is 0.380. The molecule has 28 heavy (non-hydrogen) atoms. The van der Waals surface area contributed by atoms with E-state index in [9.17, 15) is 0 Å². The Kier molecular flexibility index (Phi) is 6.82. The van der Waals surface area contributed by atoms with Crippen molar-refractivity contribution >= 4 is 0 Å². The summed E-state index contributed by atoms with van der Waals surface area (Å²) in [5.41, 5.74) is 9.35. The average Bonchev–Trinajstić information content (AvgIpc) is 3.11. The van der Waals surface area contributed by atoms with E-state index in [1.165, 1.54) is 69.3 Å². The zero-order chi connectivity index (χ0) is 19.2. The summed E-state index contributed by atoms with van der Waals surface area (Å²) in [5, 5.41) is 0. The van der Waals surface area contributed by atoms with Crippen molar-refractivity contribution in [2.75, 3.05) is 19.6 Å². The Morgan fingerprint density at radius 2 is 1.54 bits per heavy atom. The molecule has 1 aliphatic heterocycles. The molecule has 0 radical (unpaired) electrons. The van der Waals surface area contributed by atoms with Crippen molar-refractivity contribution in [3.8, 4) is 0 Å². The molecular weight excluding hydrogens is 340 g/mol. The van der Waals surface area contributed by atoms with Crippen LogP contribution in [0.3, 0.4) is 0 Å². The maximum atomic E-state index is 6.36. The van der Waals surface area contributed by atoms with Gasteiger partial charge >= 0.3 is 0 Å². The van der Waals surface area contributed by atoms with E-state index in [2.05, 4.69) is 65.6 Å². The predicted molar refractivity (Wildman–Crippen MR) is 118 cm³/mol. The summed E-state index contributed by atoms with van der Waals surface area (Å²) in [6, 6.07) is 22.4. The fraction of sp³-hybridized carbons (Fsp3) is 0.538. The molecule has 3 unspecified atom stereocenters. The number of hydrogen-bond acceptors (Lipinski definition) is 2. The van der Waals surface area contributed by atoms with Gasteiger partial charge in [-0.25, -0.2) is 0 Å². The molecule has 2 heteroatoms. The van der Waals surface area contributed by atoms with Crippen LogP contribution in [0, 0.1) is 11.8 Å². The molecule has 2 aromatic rings. The summed E-state index contributed by atoms with van der Waals surface area (Å²) in [5.74, 6) is 2.31. The van der Waals surface area contributed by atoms with E-state index in [1.54, 1.807) is 0 Å². The van der Waals surface area contributed by atoms with Crippen LogP contribution in [-0.4, -0.2) is 30.6 Å². The van der Waals surface area contributed by atoms with Gasteiger partial charge in [-0.15, -0.1) is 0 Å². The number of hydrogen-bond donors (Lipinski definition) is 1. The van der Waals surface area contributed by atoms with Crippen molar-refractivity contribution in [1.82, 2.24) is 4.90 Å². The fourth-order valence-corrected chi connectivity index (χ4v) is 5.51. The van der Waals surface area contributed by atoms with E-state index in [4.69, 9.17) is 5.73 Å². The van der Waals surface area contributed by atoms with E-state index < -0.39 is 0 Å². The molecule has 0 spiro atoms. The van der Waals surface area contributed by atoms with Crippen LogP contribution in [0.5, 0.6) is 0 Å². The highest BCUT2D eigenvalue weighted by molar-refractivity contribution is 5.22. The molecule has 1 saturated heterocycles. The molecule has 1 saturated carbocycles. The Labute approximate surface area is 171 Å². The summed E-state index contributed by atoms with van der Waals surface area (Å²) in [4.78, 5) is 2.73. The SMILES string of the molecule is NC1CC(CN2CCC(CCCc3ccccc3)CC2)C(c2ccccc2)C1. The maximum Gasteiger partial charge on any atom is 0.00480 e. The zero-order valence-corrected chi connectivity index (χ0v) is 17.2. The number of aryl methyl sites for hydroxylation is 1. The first kappa shape index (κ1) is 19.7. The van der Waals surface area contributed by atoms with Crippen molar-refractivity contribution in [3.05, 3.63) is 71.8 Å². The number of likely N-dealkylation sites (tertiary alicyclic amines) is 1. The minimum Gasteiger partial charge on any atom is -0.328 e. The van der Waals surface area contributed by atoms with Crippen LogP contribution in [0.4, 0.5) is 0 Å². The van der Waals surface area contributed by atoms with Crippen LogP contribution < -0.4 is 5.73 Å². The normalized spacial score (nSPS) is 26.5. The Morgan fingerprint density at radius 3 is 2.25 bits per heavy atom. The number of rotatable bonds is 7. The lowest BCUT2D eigenvalue weighted by Gasteiger charge is -2.35. The van der Waals surface area contributed by atoms with Crippen LogP contribution >= 0.6 is 0 Å². The Hall–Kier alpha value is -1.64. The summed E-state index contributed by atoms with van der Waals surface area (Å²) >= 11 is 0. The van der Waals surface area contributed by atoms with Crippen LogP contribution in [0.2, 0.25) is 0 Å². The lowest BCUT2D eigenvalue weighted by molar-refractivity contribution is 0.151. The lowest BCUT2D eigenvalue weighted by Crippen LogP contribution is -2.37. The van der Waals surface area contributed by atoms with Crippen LogP contribution in [-0.2, 0) is 6.42 Å². The molecule has 2 nitrogen and oxygen atoms in total. The van der Waals surface area contributed by atoms with Gasteiger partial charge in [0.2, 0.25) is 0 Å². The molecule has 1 heterocycles. The predicted octanol–water partition coefficient (Wildman–Crippen LogP) is 5.24. The van der Waals surface area contributed by atoms with Crippen molar-refractivity contribution in [1.29, 1.82) is 0 Å². The Morgan fingerprint density at radius 1 is 0.857 bits per heavy atom. The second kappa shape index (κ2) is 9.71. The highest BCUT2D eigenvalue weighted by Gasteiger charge is 2.35. The number of piperidine rings is 1. The molecule has 3 atom stereocenters. The monoisotopic (exact) mass is 376 g/mol. The standard InChI is InChI=1S/C26H36N2/c27-25-18-24(26(19-25)23-12-5-2-6-13-23)20-28-16-14-22(15-17-28)11-7-10-21-8-3-1-4-9-21/h1-6,8-9,12-13,22,24-26H,7,10-11,14-20,27H2. The Balaban J connectivity index is 1.21. The van der Waals surface area contributed by atoms with Gasteiger partial charge < -0.3 is 10.6 Å². The molecule has 2 aromatic carbocycles. The third-order valence-corrected chi connectivity index (χ3v) is 7.08. The van der Waals surface area contributed by atoms with E-state index >= 15 is 0 Å². The van der Waals surface area contributed by atoms with Crippen LogP contribution in [0.1, 0.15) is 55.6 Å². The second-order valence-corrected chi connectivity index (χ2v) is 9.13. The molecule has 4 rings (SSSR count). The first-order valence-corrected chi connectivity index (χ1v) is 11.3. The van der Waals surface area contributed by atoms with Gasteiger partial charge in [0.05, 0.1) is 0 Å². The molecule has 0 aromatic heterocycles. The van der Waals surface area contributed by atoms with Gasteiger partial charge in [-0.3, -0.25) is 0 Å². The van der Waals surface area contributed by atoms with E-state index in [0.717, 1.165) is 18.3 Å². The van der Waals surface area contributed by atoms with E-state index in [1.807, 2.05) is 0 Å². The highest BCUT2D eigenvalue weighted by Crippen LogP contribution is 2.40. The molecule has 0 bridgehead atoms. The third-order valence-electron chi connectivity index (χ3n) is 7.08. The van der Waals surface area contributed by atoms with Crippen LogP contribution in [0.25, 0.3) is 0 Å². The van der Waals surface area contributed by atoms with Crippen molar-refractivity contribution in [3.63, 3.8) is 0 Å². The summed E-state index contributed by atoms with van der Waals surface area (Å²) in [6.07, 6.45) is 9.07. The molecular formula is C26H36N2. The average molecular weight is 377 g/mol. The molecule has 150 valence electrons. The largest absolute Gasteiger partial charge is 0.328 e. The van der Waals surface area contributed by atoms with Gasteiger partial charge in [0.15, 0.2) is 0 Å². The Bertz CT molecular complexity index is 691. The van der Waals surface area contributed by atoms with E-state index in [0.29, 0.717) is 12.0 Å². The topological polar surface area (TPSA) is 29.3 Å². The van der Waals surface area contributed by atoms with E-state index in [-0.39, 0.29) is 0 Å². The number of nitrogens with zero attached hydrogens (tertiary/aromatic N) is 1. The van der Waals surface area contributed by atoms with Gasteiger partial charge in [-0.2, -0.15) is 0 Å². The maximum absolute atomic E-state index is 6.36. The molecule has 2 N–H and O–H groups in total. The fourth-order valence-electron chi connectivity index (χ4n) is 5.51. The second-order valence-electron chi connectivity index (χ2n) is 9.13. The van der Waals surface area contributed by atoms with Crippen molar-refractivity contribution in [2.24, 2.45) is 17.6 Å². The lowest BCUT2D eigenvalue weighted by atomic mass is 9.87. The molecule has 0 amide bonds. The molecule has 2 aliphatic rings. The number of nitrogens with two attached hydrogens (primary N) is 1.